The van der Waals surface area contributed by atoms with E-state index < -0.39 is 0 Å². The Morgan fingerprint density at radius 2 is 1.30 bits per heavy atom. The Bertz CT molecular complexity index is 357. The smallest absolute Gasteiger partial charge is 0.0675 e. The van der Waals surface area contributed by atoms with E-state index in [1.807, 2.05) is 13.8 Å². The molecule has 2 unspecified atom stereocenters. The summed E-state index contributed by atoms with van der Waals surface area (Å²) in [6.45, 7) is 26.8. The van der Waals surface area contributed by atoms with Crippen molar-refractivity contribution in [2.75, 3.05) is 13.2 Å². The second-order valence-corrected chi connectivity index (χ2v) is 8.09. The van der Waals surface area contributed by atoms with Crippen LogP contribution in [-0.4, -0.2) is 25.4 Å². The maximum Gasteiger partial charge on any atom is 0.0675 e. The van der Waals surface area contributed by atoms with Crippen molar-refractivity contribution in [1.29, 1.82) is 0 Å². The molecule has 0 spiro atoms. The van der Waals surface area contributed by atoms with Crippen LogP contribution in [-0.2, 0) is 9.47 Å². The highest BCUT2D eigenvalue weighted by atomic mass is 16.5. The fourth-order valence-electron chi connectivity index (χ4n) is 3.20. The van der Waals surface area contributed by atoms with Gasteiger partial charge in [0.05, 0.1) is 25.4 Å². The maximum absolute atomic E-state index is 6.16. The molecule has 2 nitrogen and oxygen atoms in total. The van der Waals surface area contributed by atoms with Crippen LogP contribution < -0.4 is 0 Å². The van der Waals surface area contributed by atoms with Gasteiger partial charge in [0.1, 0.15) is 0 Å². The van der Waals surface area contributed by atoms with E-state index >= 15 is 0 Å². The van der Waals surface area contributed by atoms with Crippen LogP contribution in [0.4, 0.5) is 0 Å². The predicted molar refractivity (Wildman–Crippen MR) is 102 cm³/mol. The van der Waals surface area contributed by atoms with Gasteiger partial charge in [-0.3, -0.25) is 0 Å². The number of hydrogen-bond acceptors (Lipinski definition) is 2. The van der Waals surface area contributed by atoms with Crippen molar-refractivity contribution in [2.45, 2.75) is 86.9 Å². The van der Waals surface area contributed by atoms with Gasteiger partial charge in [-0.25, -0.2) is 0 Å². The lowest BCUT2D eigenvalue weighted by atomic mass is 9.59. The van der Waals surface area contributed by atoms with E-state index in [-0.39, 0.29) is 23.0 Å². The summed E-state index contributed by atoms with van der Waals surface area (Å²) < 4.78 is 12.3. The lowest BCUT2D eigenvalue weighted by Gasteiger charge is -2.51. The molecular formula is C21H40O2. The third-order valence-electron chi connectivity index (χ3n) is 5.46. The Morgan fingerprint density at radius 3 is 1.61 bits per heavy atom. The number of rotatable bonds is 12. The fourth-order valence-corrected chi connectivity index (χ4v) is 3.20. The van der Waals surface area contributed by atoms with Crippen LogP contribution in [0.5, 0.6) is 0 Å². The number of hydrogen-bond donors (Lipinski definition) is 0. The van der Waals surface area contributed by atoms with E-state index in [2.05, 4.69) is 54.7 Å². The molecule has 136 valence electrons. The van der Waals surface area contributed by atoms with Crippen molar-refractivity contribution in [3.05, 3.63) is 24.3 Å². The zero-order valence-electron chi connectivity index (χ0n) is 16.9. The van der Waals surface area contributed by atoms with Gasteiger partial charge < -0.3 is 9.47 Å². The molecule has 0 saturated carbocycles. The van der Waals surface area contributed by atoms with E-state index in [4.69, 9.17) is 9.47 Å². The minimum absolute atomic E-state index is 0.0891. The molecule has 0 aliphatic carbocycles. The molecule has 0 aromatic carbocycles. The number of unbranched alkanes of at least 4 members (excludes halogenated alkanes) is 1. The van der Waals surface area contributed by atoms with Crippen LogP contribution in [0.15, 0.2) is 24.3 Å². The summed E-state index contributed by atoms with van der Waals surface area (Å²) in [7, 11) is 0. The van der Waals surface area contributed by atoms with Crippen molar-refractivity contribution < 1.29 is 9.47 Å². The average molecular weight is 325 g/mol. The Morgan fingerprint density at radius 1 is 0.913 bits per heavy atom. The van der Waals surface area contributed by atoms with Gasteiger partial charge in [-0.05, 0) is 39.5 Å². The first-order valence-corrected chi connectivity index (χ1v) is 9.01. The molecule has 0 aliphatic heterocycles. The van der Waals surface area contributed by atoms with Gasteiger partial charge in [-0.15, -0.1) is 0 Å². The summed E-state index contributed by atoms with van der Waals surface area (Å²) in [6, 6.07) is 0. The molecule has 0 rings (SSSR count). The topological polar surface area (TPSA) is 18.5 Å². The molecule has 0 heterocycles. The predicted octanol–water partition coefficient (Wildman–Crippen LogP) is 6.17. The van der Waals surface area contributed by atoms with Crippen molar-refractivity contribution >= 4 is 0 Å². The van der Waals surface area contributed by atoms with Gasteiger partial charge >= 0.3 is 0 Å². The Kier molecular flexibility index (Phi) is 9.39. The second-order valence-electron chi connectivity index (χ2n) is 8.09. The van der Waals surface area contributed by atoms with Crippen LogP contribution in [0, 0.1) is 10.8 Å². The molecule has 2 heteroatoms. The first-order chi connectivity index (χ1) is 10.5. The Hall–Kier alpha value is -0.600. The van der Waals surface area contributed by atoms with E-state index in [0.29, 0.717) is 13.2 Å². The van der Waals surface area contributed by atoms with Gasteiger partial charge in [0.15, 0.2) is 0 Å². The van der Waals surface area contributed by atoms with Crippen LogP contribution in [0.1, 0.15) is 74.7 Å². The molecular weight excluding hydrogens is 284 g/mol. The highest BCUT2D eigenvalue weighted by Gasteiger charge is 2.49. The van der Waals surface area contributed by atoms with Crippen LogP contribution in [0.3, 0.4) is 0 Å². The largest absolute Gasteiger partial charge is 0.374 e. The normalized spacial score (nSPS) is 17.4. The summed E-state index contributed by atoms with van der Waals surface area (Å²) in [5, 5.41) is 0. The van der Waals surface area contributed by atoms with Crippen molar-refractivity contribution in [3.63, 3.8) is 0 Å². The molecule has 0 N–H and O–H groups in total. The molecule has 0 aromatic rings. The van der Waals surface area contributed by atoms with Gasteiger partial charge in [-0.1, -0.05) is 64.8 Å². The lowest BCUT2D eigenvalue weighted by Crippen LogP contribution is -2.53. The fraction of sp³-hybridized carbons (Fsp3) is 0.810. The van der Waals surface area contributed by atoms with Crippen LogP contribution in [0.2, 0.25) is 0 Å². The van der Waals surface area contributed by atoms with E-state index in [1.54, 1.807) is 0 Å². The minimum atomic E-state index is -0.0902. The zero-order chi connectivity index (χ0) is 18.3. The molecule has 0 radical (unpaired) electrons. The molecule has 2 atom stereocenters. The summed E-state index contributed by atoms with van der Waals surface area (Å²) in [5.74, 6) is 0. The molecule has 0 fully saturated rings. The van der Waals surface area contributed by atoms with E-state index in [9.17, 15) is 0 Å². The van der Waals surface area contributed by atoms with Crippen LogP contribution >= 0.6 is 0 Å². The molecule has 0 aromatic heterocycles. The first-order valence-electron chi connectivity index (χ1n) is 9.01. The summed E-state index contributed by atoms with van der Waals surface area (Å²) in [4.78, 5) is 0. The Labute approximate surface area is 145 Å². The Balaban J connectivity index is 5.38. The third-order valence-corrected chi connectivity index (χ3v) is 5.46. The quantitative estimate of drug-likeness (QED) is 0.400. The second kappa shape index (κ2) is 9.64. The van der Waals surface area contributed by atoms with E-state index in [1.165, 1.54) is 19.3 Å². The highest BCUT2D eigenvalue weighted by Crippen LogP contribution is 2.49. The molecule has 23 heavy (non-hydrogen) atoms. The molecule has 0 bridgehead atoms. The van der Waals surface area contributed by atoms with Gasteiger partial charge in [0, 0.05) is 5.41 Å². The highest BCUT2D eigenvalue weighted by molar-refractivity contribution is 5.00. The van der Waals surface area contributed by atoms with Gasteiger partial charge in [0.25, 0.3) is 0 Å². The zero-order valence-corrected chi connectivity index (χ0v) is 16.9. The minimum Gasteiger partial charge on any atom is -0.374 e. The summed E-state index contributed by atoms with van der Waals surface area (Å²) >= 11 is 0. The van der Waals surface area contributed by atoms with Crippen LogP contribution in [0.25, 0.3) is 0 Å². The number of ether oxygens (including phenoxy) is 2. The van der Waals surface area contributed by atoms with Crippen molar-refractivity contribution in [3.8, 4) is 0 Å². The van der Waals surface area contributed by atoms with Crippen molar-refractivity contribution in [2.24, 2.45) is 10.8 Å². The average Bonchev–Trinajstić information content (AvgIpc) is 2.46. The van der Waals surface area contributed by atoms with Gasteiger partial charge in [-0.2, -0.15) is 0 Å². The molecule has 0 aliphatic rings. The monoisotopic (exact) mass is 324 g/mol. The van der Waals surface area contributed by atoms with E-state index in [0.717, 1.165) is 11.1 Å². The first kappa shape index (κ1) is 22.4. The maximum atomic E-state index is 6.16. The molecule has 0 saturated heterocycles. The third kappa shape index (κ3) is 6.43. The SMILES string of the molecule is C=C(C)COC(C)C(C)(C(C)OCC(=C)C)C(C)(C)CCCC. The van der Waals surface area contributed by atoms with Crippen molar-refractivity contribution in [1.82, 2.24) is 0 Å². The standard InChI is InChI=1S/C21H40O2/c1-11-12-13-20(8,9)21(10,18(6)22-14-16(2)3)19(7)23-15-17(4)5/h18-19H,2,4,11-15H2,1,3,5-10H3. The lowest BCUT2D eigenvalue weighted by molar-refractivity contribution is -0.155. The summed E-state index contributed by atoms with van der Waals surface area (Å²) in [6.07, 6.45) is 3.78. The molecule has 0 amide bonds. The van der Waals surface area contributed by atoms with Gasteiger partial charge in [0.2, 0.25) is 0 Å². The summed E-state index contributed by atoms with van der Waals surface area (Å²) in [5.41, 5.74) is 2.14.